The molecule has 1 aromatic carbocycles. The summed E-state index contributed by atoms with van der Waals surface area (Å²) >= 11 is 0. The van der Waals surface area contributed by atoms with Gasteiger partial charge in [-0.05, 0) is 12.1 Å². The molecule has 94 valence electrons. The second-order valence-corrected chi connectivity index (χ2v) is 3.15. The van der Waals surface area contributed by atoms with Gasteiger partial charge in [-0.1, -0.05) is 18.7 Å². The minimum absolute atomic E-state index is 0.118. The molecule has 7 heteroatoms. The second-order valence-electron chi connectivity index (χ2n) is 3.15. The molecule has 18 heavy (non-hydrogen) atoms. The van der Waals surface area contributed by atoms with E-state index in [-0.39, 0.29) is 6.61 Å². The number of esters is 1. The summed E-state index contributed by atoms with van der Waals surface area (Å²) in [5.74, 6) is -2.45. The van der Waals surface area contributed by atoms with Crippen LogP contribution in [0.25, 0.3) is 0 Å². The van der Waals surface area contributed by atoms with Gasteiger partial charge in [0, 0.05) is 0 Å². The normalized spacial score (nSPS) is 9.56. The SMILES string of the molecule is C=CCOC(=O)c1cccc(C(=O)O)c1[N+](=O)[O-]. The van der Waals surface area contributed by atoms with Crippen molar-refractivity contribution >= 4 is 17.6 Å². The Bertz CT molecular complexity index is 522. The van der Waals surface area contributed by atoms with Crippen LogP contribution in [0.1, 0.15) is 20.7 Å². The number of hydrogen-bond acceptors (Lipinski definition) is 5. The van der Waals surface area contributed by atoms with Gasteiger partial charge >= 0.3 is 11.9 Å². The molecule has 0 amide bonds. The number of ether oxygens (including phenoxy) is 1. The maximum Gasteiger partial charge on any atom is 0.345 e. The van der Waals surface area contributed by atoms with Crippen molar-refractivity contribution in [3.05, 3.63) is 52.1 Å². The lowest BCUT2D eigenvalue weighted by Crippen LogP contribution is -2.12. The van der Waals surface area contributed by atoms with Gasteiger partial charge in [0.25, 0.3) is 5.69 Å². The lowest BCUT2D eigenvalue weighted by atomic mass is 10.1. The average molecular weight is 251 g/mol. The summed E-state index contributed by atoms with van der Waals surface area (Å²) in [5.41, 5.74) is -1.74. The van der Waals surface area contributed by atoms with Gasteiger partial charge in [-0.25, -0.2) is 9.59 Å². The Labute approximate surface area is 101 Å². The first-order chi connectivity index (χ1) is 8.49. The second kappa shape index (κ2) is 5.58. The van der Waals surface area contributed by atoms with Gasteiger partial charge in [0.15, 0.2) is 0 Å². The summed E-state index contributed by atoms with van der Waals surface area (Å²) in [6.07, 6.45) is 1.30. The lowest BCUT2D eigenvalue weighted by Gasteiger charge is -2.04. The van der Waals surface area contributed by atoms with Crippen molar-refractivity contribution in [3.63, 3.8) is 0 Å². The van der Waals surface area contributed by atoms with Crippen molar-refractivity contribution in [1.29, 1.82) is 0 Å². The third-order valence-corrected chi connectivity index (χ3v) is 2.00. The Kier molecular flexibility index (Phi) is 4.14. The van der Waals surface area contributed by atoms with Crippen molar-refractivity contribution in [1.82, 2.24) is 0 Å². The molecule has 0 aliphatic carbocycles. The highest BCUT2D eigenvalue weighted by molar-refractivity contribution is 6.01. The predicted octanol–water partition coefficient (Wildman–Crippen LogP) is 1.64. The summed E-state index contributed by atoms with van der Waals surface area (Å²) in [7, 11) is 0. The molecule has 0 saturated heterocycles. The third kappa shape index (κ3) is 2.70. The Morgan fingerprint density at radius 2 is 2.06 bits per heavy atom. The third-order valence-electron chi connectivity index (χ3n) is 2.00. The summed E-state index contributed by atoms with van der Waals surface area (Å²) in [5, 5.41) is 19.7. The predicted molar refractivity (Wildman–Crippen MR) is 60.5 cm³/mol. The molecule has 0 spiro atoms. The number of nitro benzene ring substituents is 1. The van der Waals surface area contributed by atoms with Gasteiger partial charge < -0.3 is 9.84 Å². The summed E-state index contributed by atoms with van der Waals surface area (Å²) in [6.45, 7) is 3.21. The zero-order chi connectivity index (χ0) is 13.7. The molecule has 0 heterocycles. The maximum atomic E-state index is 11.5. The fourth-order valence-electron chi connectivity index (χ4n) is 1.29. The van der Waals surface area contributed by atoms with Crippen LogP contribution < -0.4 is 0 Å². The fourth-order valence-corrected chi connectivity index (χ4v) is 1.29. The fraction of sp³-hybridized carbons (Fsp3) is 0.0909. The van der Waals surface area contributed by atoms with E-state index in [4.69, 9.17) is 5.11 Å². The molecule has 0 radical (unpaired) electrons. The van der Waals surface area contributed by atoms with Gasteiger partial charge in [0.2, 0.25) is 0 Å². The topological polar surface area (TPSA) is 107 Å². The van der Waals surface area contributed by atoms with Crippen molar-refractivity contribution in [2.24, 2.45) is 0 Å². The summed E-state index contributed by atoms with van der Waals surface area (Å²) in [4.78, 5) is 32.3. The van der Waals surface area contributed by atoms with E-state index in [0.717, 1.165) is 12.1 Å². The number of nitrogens with zero attached hydrogens (tertiary/aromatic N) is 1. The van der Waals surface area contributed by atoms with E-state index in [9.17, 15) is 19.7 Å². The van der Waals surface area contributed by atoms with Gasteiger partial charge in [-0.3, -0.25) is 10.1 Å². The molecule has 0 atom stereocenters. The number of rotatable bonds is 5. The number of benzene rings is 1. The van der Waals surface area contributed by atoms with E-state index in [2.05, 4.69) is 11.3 Å². The van der Waals surface area contributed by atoms with Gasteiger partial charge in [-0.2, -0.15) is 0 Å². The molecule has 0 aliphatic rings. The van der Waals surface area contributed by atoms with Crippen LogP contribution in [0.15, 0.2) is 30.9 Å². The average Bonchev–Trinajstić information content (AvgIpc) is 2.34. The molecular formula is C11H9NO6. The number of aromatic carboxylic acids is 1. The Hall–Kier alpha value is -2.70. The van der Waals surface area contributed by atoms with Crippen molar-refractivity contribution in [2.45, 2.75) is 0 Å². The molecular weight excluding hydrogens is 242 g/mol. The largest absolute Gasteiger partial charge is 0.477 e. The van der Waals surface area contributed by atoms with E-state index in [1.165, 1.54) is 12.1 Å². The lowest BCUT2D eigenvalue weighted by molar-refractivity contribution is -0.385. The zero-order valence-corrected chi connectivity index (χ0v) is 9.16. The highest BCUT2D eigenvalue weighted by Gasteiger charge is 2.28. The number of hydrogen-bond donors (Lipinski definition) is 1. The Morgan fingerprint density at radius 3 is 2.56 bits per heavy atom. The summed E-state index contributed by atoms with van der Waals surface area (Å²) < 4.78 is 4.65. The zero-order valence-electron chi connectivity index (χ0n) is 9.16. The van der Waals surface area contributed by atoms with Crippen molar-refractivity contribution in [2.75, 3.05) is 6.61 Å². The maximum absolute atomic E-state index is 11.5. The van der Waals surface area contributed by atoms with E-state index < -0.39 is 33.7 Å². The molecule has 0 saturated carbocycles. The summed E-state index contributed by atoms with van der Waals surface area (Å²) in [6, 6.07) is 3.42. The van der Waals surface area contributed by atoms with Gasteiger partial charge in [0.05, 0.1) is 4.92 Å². The molecule has 0 bridgehead atoms. The molecule has 1 rings (SSSR count). The number of carboxylic acid groups (broad SMARTS) is 1. The van der Waals surface area contributed by atoms with E-state index in [1.807, 2.05) is 0 Å². The Morgan fingerprint density at radius 1 is 1.44 bits per heavy atom. The quantitative estimate of drug-likeness (QED) is 0.369. The monoisotopic (exact) mass is 251 g/mol. The van der Waals surface area contributed by atoms with E-state index in [0.29, 0.717) is 0 Å². The number of carbonyl (C=O) groups is 2. The van der Waals surface area contributed by atoms with Crippen LogP contribution in [-0.2, 0) is 4.74 Å². The molecule has 7 nitrogen and oxygen atoms in total. The number of carboxylic acids is 1. The number of carbonyl (C=O) groups excluding carboxylic acids is 1. The van der Waals surface area contributed by atoms with Crippen LogP contribution >= 0.6 is 0 Å². The van der Waals surface area contributed by atoms with Crippen LogP contribution in [-0.4, -0.2) is 28.6 Å². The Balaban J connectivity index is 3.31. The smallest absolute Gasteiger partial charge is 0.345 e. The van der Waals surface area contributed by atoms with Crippen molar-refractivity contribution < 1.29 is 24.4 Å². The molecule has 0 unspecified atom stereocenters. The minimum atomic E-state index is -1.49. The molecule has 0 aliphatic heterocycles. The molecule has 1 aromatic rings. The van der Waals surface area contributed by atoms with E-state index in [1.54, 1.807) is 0 Å². The van der Waals surface area contributed by atoms with Crippen LogP contribution in [0.4, 0.5) is 5.69 Å². The standard InChI is InChI=1S/C11H9NO6/c1-2-6-18-11(15)8-5-3-4-7(10(13)14)9(8)12(16)17/h2-5H,1,6H2,(H,13,14). The number of para-hydroxylation sites is 1. The van der Waals surface area contributed by atoms with Crippen molar-refractivity contribution in [3.8, 4) is 0 Å². The minimum Gasteiger partial charge on any atom is -0.477 e. The highest BCUT2D eigenvalue weighted by atomic mass is 16.6. The first-order valence-electron chi connectivity index (χ1n) is 4.77. The van der Waals surface area contributed by atoms with Gasteiger partial charge in [-0.15, -0.1) is 0 Å². The molecule has 1 N–H and O–H groups in total. The first kappa shape index (κ1) is 13.4. The van der Waals surface area contributed by atoms with Crippen LogP contribution in [0.5, 0.6) is 0 Å². The first-order valence-corrected chi connectivity index (χ1v) is 4.77. The number of nitro groups is 1. The van der Waals surface area contributed by atoms with Crippen LogP contribution in [0, 0.1) is 10.1 Å². The highest BCUT2D eigenvalue weighted by Crippen LogP contribution is 2.24. The molecule has 0 fully saturated rings. The van der Waals surface area contributed by atoms with Gasteiger partial charge in [0.1, 0.15) is 17.7 Å². The molecule has 0 aromatic heterocycles. The van der Waals surface area contributed by atoms with Crippen LogP contribution in [0.3, 0.4) is 0 Å². The van der Waals surface area contributed by atoms with E-state index >= 15 is 0 Å². The van der Waals surface area contributed by atoms with Crippen LogP contribution in [0.2, 0.25) is 0 Å².